The standard InChI is InChI=1S/C10H14N4O5/c1-14-5-6(4-11-14)12-10(19)13-7(9(17)18)2-3-8(15)16/h4-5,7H,2-3H2,1H3,(H,15,16)(H,17,18)(H2,12,13,19). The minimum Gasteiger partial charge on any atom is -0.481 e. The van der Waals surface area contributed by atoms with Gasteiger partial charge < -0.3 is 20.8 Å². The average molecular weight is 270 g/mol. The maximum Gasteiger partial charge on any atom is 0.326 e. The second kappa shape index (κ2) is 6.38. The van der Waals surface area contributed by atoms with Crippen molar-refractivity contribution in [2.75, 3.05) is 5.32 Å². The highest BCUT2D eigenvalue weighted by Gasteiger charge is 2.20. The lowest BCUT2D eigenvalue weighted by molar-refractivity contribution is -0.140. The van der Waals surface area contributed by atoms with Crippen LogP contribution in [0.1, 0.15) is 12.8 Å². The molecule has 1 aromatic rings. The number of amides is 2. The average Bonchev–Trinajstić information content (AvgIpc) is 2.69. The van der Waals surface area contributed by atoms with Gasteiger partial charge in [0.25, 0.3) is 0 Å². The molecule has 0 saturated carbocycles. The van der Waals surface area contributed by atoms with Crippen LogP contribution < -0.4 is 10.6 Å². The molecule has 1 atom stereocenters. The monoisotopic (exact) mass is 270 g/mol. The molecule has 9 heteroatoms. The number of anilines is 1. The highest BCUT2D eigenvalue weighted by molar-refractivity contribution is 5.92. The van der Waals surface area contributed by atoms with Crippen molar-refractivity contribution in [1.29, 1.82) is 0 Å². The third kappa shape index (κ3) is 5.06. The lowest BCUT2D eigenvalue weighted by Gasteiger charge is -2.13. The molecule has 0 radical (unpaired) electrons. The van der Waals surface area contributed by atoms with Gasteiger partial charge >= 0.3 is 18.0 Å². The number of carbonyl (C=O) groups excluding carboxylic acids is 1. The van der Waals surface area contributed by atoms with Crippen LogP contribution in [-0.4, -0.2) is 44.0 Å². The predicted molar refractivity (Wildman–Crippen MR) is 63.7 cm³/mol. The fourth-order valence-electron chi connectivity index (χ4n) is 1.34. The van der Waals surface area contributed by atoms with Crippen LogP contribution in [0.4, 0.5) is 10.5 Å². The summed E-state index contributed by atoms with van der Waals surface area (Å²) in [5.74, 6) is -2.41. The molecule has 1 unspecified atom stereocenters. The van der Waals surface area contributed by atoms with Crippen LogP contribution in [0.5, 0.6) is 0 Å². The summed E-state index contributed by atoms with van der Waals surface area (Å²) in [4.78, 5) is 32.7. The number of nitrogens with zero attached hydrogens (tertiary/aromatic N) is 2. The van der Waals surface area contributed by atoms with Gasteiger partial charge in [-0.1, -0.05) is 0 Å². The number of aryl methyl sites for hydroxylation is 1. The third-order valence-electron chi connectivity index (χ3n) is 2.21. The highest BCUT2D eigenvalue weighted by atomic mass is 16.4. The predicted octanol–water partition coefficient (Wildman–Crippen LogP) is -0.140. The number of aliphatic carboxylic acids is 2. The normalized spacial score (nSPS) is 11.6. The third-order valence-corrected chi connectivity index (χ3v) is 2.21. The number of carboxylic acid groups (broad SMARTS) is 2. The zero-order valence-corrected chi connectivity index (χ0v) is 10.2. The van der Waals surface area contributed by atoms with Gasteiger partial charge in [-0.05, 0) is 6.42 Å². The number of carboxylic acids is 2. The number of hydrogen-bond acceptors (Lipinski definition) is 4. The summed E-state index contributed by atoms with van der Waals surface area (Å²) in [5.41, 5.74) is 0.405. The lowest BCUT2D eigenvalue weighted by Crippen LogP contribution is -2.43. The molecule has 1 aromatic heterocycles. The highest BCUT2D eigenvalue weighted by Crippen LogP contribution is 2.04. The van der Waals surface area contributed by atoms with Crippen LogP contribution in [0, 0.1) is 0 Å². The van der Waals surface area contributed by atoms with E-state index in [1.54, 1.807) is 7.05 Å². The van der Waals surface area contributed by atoms with Crippen LogP contribution in [0.2, 0.25) is 0 Å². The first kappa shape index (κ1) is 14.5. The first-order valence-electron chi connectivity index (χ1n) is 5.39. The Hall–Kier alpha value is -2.58. The molecule has 4 N–H and O–H groups in total. The van der Waals surface area contributed by atoms with Crippen molar-refractivity contribution in [3.8, 4) is 0 Å². The zero-order chi connectivity index (χ0) is 14.4. The van der Waals surface area contributed by atoms with Crippen molar-refractivity contribution in [1.82, 2.24) is 15.1 Å². The van der Waals surface area contributed by atoms with Crippen molar-refractivity contribution < 1.29 is 24.6 Å². The summed E-state index contributed by atoms with van der Waals surface area (Å²) in [6.45, 7) is 0. The molecule has 0 aliphatic carbocycles. The summed E-state index contributed by atoms with van der Waals surface area (Å²) in [6.07, 6.45) is 2.40. The topological polar surface area (TPSA) is 134 Å². The summed E-state index contributed by atoms with van der Waals surface area (Å²) < 4.78 is 1.47. The maximum absolute atomic E-state index is 11.5. The lowest BCUT2D eigenvalue weighted by atomic mass is 10.1. The first-order chi connectivity index (χ1) is 8.88. The van der Waals surface area contributed by atoms with E-state index in [0.29, 0.717) is 5.69 Å². The van der Waals surface area contributed by atoms with Gasteiger partial charge in [-0.3, -0.25) is 9.48 Å². The number of aromatic nitrogens is 2. The van der Waals surface area contributed by atoms with Gasteiger partial charge in [0.05, 0.1) is 11.9 Å². The van der Waals surface area contributed by atoms with Crippen molar-refractivity contribution in [3.63, 3.8) is 0 Å². The number of hydrogen-bond donors (Lipinski definition) is 4. The van der Waals surface area contributed by atoms with Gasteiger partial charge in [-0.15, -0.1) is 0 Å². The Labute approximate surface area is 108 Å². The van der Waals surface area contributed by atoms with Gasteiger partial charge in [0.15, 0.2) is 0 Å². The SMILES string of the molecule is Cn1cc(NC(=O)NC(CCC(=O)O)C(=O)O)cn1. The second-order valence-electron chi connectivity index (χ2n) is 3.82. The number of nitrogens with one attached hydrogen (secondary N) is 2. The van der Waals surface area contributed by atoms with Crippen molar-refractivity contribution in [3.05, 3.63) is 12.4 Å². The number of urea groups is 1. The van der Waals surface area contributed by atoms with Crippen LogP contribution in [0.3, 0.4) is 0 Å². The van der Waals surface area contributed by atoms with Crippen molar-refractivity contribution in [2.45, 2.75) is 18.9 Å². The molecule has 2 amide bonds. The van der Waals surface area contributed by atoms with E-state index in [2.05, 4.69) is 15.7 Å². The van der Waals surface area contributed by atoms with E-state index in [4.69, 9.17) is 10.2 Å². The summed E-state index contributed by atoms with van der Waals surface area (Å²) in [7, 11) is 1.66. The van der Waals surface area contributed by atoms with E-state index >= 15 is 0 Å². The molecule has 0 aliphatic rings. The molecule has 0 aliphatic heterocycles. The molecule has 0 spiro atoms. The van der Waals surface area contributed by atoms with E-state index in [0.717, 1.165) is 0 Å². The van der Waals surface area contributed by atoms with Crippen LogP contribution in [-0.2, 0) is 16.6 Å². The molecular formula is C10H14N4O5. The fourth-order valence-corrected chi connectivity index (χ4v) is 1.34. The van der Waals surface area contributed by atoms with Gasteiger partial charge in [-0.2, -0.15) is 5.10 Å². The Morgan fingerprint density at radius 1 is 1.42 bits per heavy atom. The number of rotatable bonds is 6. The molecule has 0 fully saturated rings. The van der Waals surface area contributed by atoms with E-state index in [9.17, 15) is 14.4 Å². The molecule has 0 saturated heterocycles. The Kier molecular flexibility index (Phi) is 4.86. The van der Waals surface area contributed by atoms with E-state index in [1.807, 2.05) is 0 Å². The molecule has 0 bridgehead atoms. The summed E-state index contributed by atoms with van der Waals surface area (Å²) in [6, 6.07) is -1.99. The second-order valence-corrected chi connectivity index (χ2v) is 3.82. The molecular weight excluding hydrogens is 256 g/mol. The Morgan fingerprint density at radius 2 is 2.11 bits per heavy atom. The Morgan fingerprint density at radius 3 is 2.58 bits per heavy atom. The van der Waals surface area contributed by atoms with Crippen LogP contribution in [0.15, 0.2) is 12.4 Å². The van der Waals surface area contributed by atoms with Gasteiger partial charge in [0.2, 0.25) is 0 Å². The molecule has 1 heterocycles. The van der Waals surface area contributed by atoms with Gasteiger partial charge in [0.1, 0.15) is 6.04 Å². The molecule has 19 heavy (non-hydrogen) atoms. The van der Waals surface area contributed by atoms with Crippen molar-refractivity contribution >= 4 is 23.7 Å². The van der Waals surface area contributed by atoms with Gasteiger partial charge in [0, 0.05) is 19.7 Å². The van der Waals surface area contributed by atoms with E-state index in [1.165, 1.54) is 17.1 Å². The number of carbonyl (C=O) groups is 3. The Bertz CT molecular complexity index is 484. The van der Waals surface area contributed by atoms with Crippen LogP contribution >= 0.6 is 0 Å². The van der Waals surface area contributed by atoms with Crippen molar-refractivity contribution in [2.24, 2.45) is 7.05 Å². The molecule has 104 valence electrons. The molecule has 1 rings (SSSR count). The summed E-state index contributed by atoms with van der Waals surface area (Å²) in [5, 5.41) is 25.7. The van der Waals surface area contributed by atoms with E-state index < -0.39 is 24.0 Å². The maximum atomic E-state index is 11.5. The minimum absolute atomic E-state index is 0.189. The summed E-state index contributed by atoms with van der Waals surface area (Å²) >= 11 is 0. The first-order valence-corrected chi connectivity index (χ1v) is 5.39. The minimum atomic E-state index is -1.29. The van der Waals surface area contributed by atoms with E-state index in [-0.39, 0.29) is 12.8 Å². The fraction of sp³-hybridized carbons (Fsp3) is 0.400. The quantitative estimate of drug-likeness (QED) is 0.568. The van der Waals surface area contributed by atoms with Crippen LogP contribution in [0.25, 0.3) is 0 Å². The Balaban J connectivity index is 2.51. The zero-order valence-electron chi connectivity index (χ0n) is 10.2. The smallest absolute Gasteiger partial charge is 0.326 e. The van der Waals surface area contributed by atoms with Gasteiger partial charge in [-0.25, -0.2) is 9.59 Å². The molecule has 9 nitrogen and oxygen atoms in total. The molecule has 0 aromatic carbocycles. The largest absolute Gasteiger partial charge is 0.481 e.